The van der Waals surface area contributed by atoms with Crippen molar-refractivity contribution < 1.29 is 4.79 Å². The Balaban J connectivity index is 1.77. The van der Waals surface area contributed by atoms with Gasteiger partial charge in [0.1, 0.15) is 0 Å². The number of carbonyl (C=O) groups excluding carboxylic acids is 1. The molecule has 1 aromatic heterocycles. The highest BCUT2D eigenvalue weighted by molar-refractivity contribution is 5.94. The number of para-hydroxylation sites is 1. The molecular formula is C17H17N3O. The Hall–Kier alpha value is -2.62. The Morgan fingerprint density at radius 2 is 1.86 bits per heavy atom. The first kappa shape index (κ1) is 13.4. The number of aryl methyl sites for hydroxylation is 2. The minimum Gasteiger partial charge on any atom is -0.346 e. The molecule has 0 bridgehead atoms. The van der Waals surface area contributed by atoms with Crippen LogP contribution in [-0.2, 0) is 13.6 Å². The van der Waals surface area contributed by atoms with Crippen LogP contribution in [0.3, 0.4) is 0 Å². The van der Waals surface area contributed by atoms with Crippen LogP contribution in [0, 0.1) is 6.92 Å². The molecule has 0 atom stereocenters. The van der Waals surface area contributed by atoms with Gasteiger partial charge in [-0.25, -0.2) is 0 Å². The number of fused-ring (bicyclic) bond motifs is 1. The summed E-state index contributed by atoms with van der Waals surface area (Å²) in [5, 5.41) is 8.47. The van der Waals surface area contributed by atoms with Crippen molar-refractivity contribution in [1.29, 1.82) is 0 Å². The van der Waals surface area contributed by atoms with Gasteiger partial charge in [-0.3, -0.25) is 9.48 Å². The molecule has 1 heterocycles. The van der Waals surface area contributed by atoms with Crippen LogP contribution in [0.1, 0.15) is 21.6 Å². The third kappa shape index (κ3) is 2.65. The van der Waals surface area contributed by atoms with Gasteiger partial charge in [-0.2, -0.15) is 5.10 Å². The first-order valence-corrected chi connectivity index (χ1v) is 6.90. The highest BCUT2D eigenvalue weighted by Gasteiger charge is 2.10. The molecule has 4 nitrogen and oxygen atoms in total. The van der Waals surface area contributed by atoms with Gasteiger partial charge in [0.25, 0.3) is 5.91 Å². The molecule has 0 fully saturated rings. The summed E-state index contributed by atoms with van der Waals surface area (Å²) in [6.07, 6.45) is 0. The van der Waals surface area contributed by atoms with E-state index >= 15 is 0 Å². The van der Waals surface area contributed by atoms with Crippen LogP contribution in [0.2, 0.25) is 0 Å². The number of carbonyl (C=O) groups is 1. The SMILES string of the molecule is Cc1ccc(C(=O)NCc2nn(C)c3ccccc23)cc1. The minimum absolute atomic E-state index is 0.0789. The maximum atomic E-state index is 12.1. The molecule has 0 spiro atoms. The number of rotatable bonds is 3. The number of nitrogens with one attached hydrogen (secondary N) is 1. The third-order valence-electron chi connectivity index (χ3n) is 3.56. The molecular weight excluding hydrogens is 262 g/mol. The van der Waals surface area contributed by atoms with E-state index in [0.29, 0.717) is 12.1 Å². The lowest BCUT2D eigenvalue weighted by Crippen LogP contribution is -2.23. The molecule has 0 aliphatic rings. The van der Waals surface area contributed by atoms with E-state index in [1.54, 1.807) is 0 Å². The lowest BCUT2D eigenvalue weighted by atomic mass is 10.1. The fourth-order valence-electron chi connectivity index (χ4n) is 2.39. The molecule has 0 aliphatic carbocycles. The second kappa shape index (κ2) is 5.40. The first-order chi connectivity index (χ1) is 10.1. The van der Waals surface area contributed by atoms with Crippen LogP contribution in [-0.4, -0.2) is 15.7 Å². The zero-order chi connectivity index (χ0) is 14.8. The van der Waals surface area contributed by atoms with Crippen LogP contribution in [0.4, 0.5) is 0 Å². The standard InChI is InChI=1S/C17H17N3O/c1-12-7-9-13(10-8-12)17(21)18-11-15-14-5-3-4-6-16(14)20(2)19-15/h3-10H,11H2,1-2H3,(H,18,21). The van der Waals surface area contributed by atoms with Crippen molar-refractivity contribution in [2.24, 2.45) is 7.05 Å². The fourth-order valence-corrected chi connectivity index (χ4v) is 2.39. The van der Waals surface area contributed by atoms with Crippen molar-refractivity contribution in [3.05, 3.63) is 65.4 Å². The van der Waals surface area contributed by atoms with E-state index in [4.69, 9.17) is 0 Å². The molecule has 0 radical (unpaired) electrons. The zero-order valence-corrected chi connectivity index (χ0v) is 12.1. The van der Waals surface area contributed by atoms with Crippen molar-refractivity contribution >= 4 is 16.8 Å². The van der Waals surface area contributed by atoms with Crippen LogP contribution >= 0.6 is 0 Å². The summed E-state index contributed by atoms with van der Waals surface area (Å²) in [4.78, 5) is 12.1. The van der Waals surface area contributed by atoms with Crippen LogP contribution < -0.4 is 5.32 Å². The quantitative estimate of drug-likeness (QED) is 0.801. The minimum atomic E-state index is -0.0789. The number of benzene rings is 2. The first-order valence-electron chi connectivity index (χ1n) is 6.90. The highest BCUT2D eigenvalue weighted by atomic mass is 16.1. The molecule has 0 aliphatic heterocycles. The maximum absolute atomic E-state index is 12.1. The van der Waals surface area contributed by atoms with Crippen molar-refractivity contribution in [3.63, 3.8) is 0 Å². The summed E-state index contributed by atoms with van der Waals surface area (Å²) in [6.45, 7) is 2.43. The lowest BCUT2D eigenvalue weighted by molar-refractivity contribution is 0.0950. The van der Waals surface area contributed by atoms with Crippen LogP contribution in [0.15, 0.2) is 48.5 Å². The molecule has 106 valence electrons. The number of nitrogens with zero attached hydrogens (tertiary/aromatic N) is 2. The van der Waals surface area contributed by atoms with Gasteiger partial charge in [-0.05, 0) is 25.1 Å². The van der Waals surface area contributed by atoms with E-state index < -0.39 is 0 Å². The maximum Gasteiger partial charge on any atom is 0.251 e. The third-order valence-corrected chi connectivity index (χ3v) is 3.56. The predicted molar refractivity (Wildman–Crippen MR) is 83.1 cm³/mol. The van der Waals surface area contributed by atoms with Gasteiger partial charge in [-0.1, -0.05) is 35.9 Å². The van der Waals surface area contributed by atoms with Gasteiger partial charge in [0.15, 0.2) is 0 Å². The van der Waals surface area contributed by atoms with Crippen molar-refractivity contribution in [3.8, 4) is 0 Å². The second-order valence-electron chi connectivity index (χ2n) is 5.14. The Morgan fingerprint density at radius 3 is 2.62 bits per heavy atom. The molecule has 1 N–H and O–H groups in total. The van der Waals surface area contributed by atoms with Crippen LogP contribution in [0.25, 0.3) is 10.9 Å². The monoisotopic (exact) mass is 279 g/mol. The molecule has 0 unspecified atom stereocenters. The predicted octanol–water partition coefficient (Wildman–Crippen LogP) is 2.81. The number of hydrogen-bond donors (Lipinski definition) is 1. The highest BCUT2D eigenvalue weighted by Crippen LogP contribution is 2.17. The van der Waals surface area contributed by atoms with Gasteiger partial charge >= 0.3 is 0 Å². The van der Waals surface area contributed by atoms with Crippen molar-refractivity contribution in [2.45, 2.75) is 13.5 Å². The topological polar surface area (TPSA) is 46.9 Å². The summed E-state index contributed by atoms with van der Waals surface area (Å²) in [7, 11) is 1.91. The Morgan fingerprint density at radius 1 is 1.14 bits per heavy atom. The molecule has 4 heteroatoms. The fraction of sp³-hybridized carbons (Fsp3) is 0.176. The summed E-state index contributed by atoms with van der Waals surface area (Å²) >= 11 is 0. The van der Waals surface area contributed by atoms with Gasteiger partial charge in [-0.15, -0.1) is 0 Å². The van der Waals surface area contributed by atoms with E-state index in [-0.39, 0.29) is 5.91 Å². The van der Waals surface area contributed by atoms with E-state index in [9.17, 15) is 4.79 Å². The summed E-state index contributed by atoms with van der Waals surface area (Å²) in [5.41, 5.74) is 3.76. The normalized spacial score (nSPS) is 10.8. The molecule has 2 aromatic carbocycles. The molecule has 3 aromatic rings. The smallest absolute Gasteiger partial charge is 0.251 e. The molecule has 3 rings (SSSR count). The average Bonchev–Trinajstić information content (AvgIpc) is 2.83. The largest absolute Gasteiger partial charge is 0.346 e. The molecule has 1 amide bonds. The number of hydrogen-bond acceptors (Lipinski definition) is 2. The van der Waals surface area contributed by atoms with Gasteiger partial charge in [0.05, 0.1) is 17.8 Å². The van der Waals surface area contributed by atoms with Crippen molar-refractivity contribution in [2.75, 3.05) is 0 Å². The Kier molecular flexibility index (Phi) is 3.44. The van der Waals surface area contributed by atoms with E-state index in [1.807, 2.05) is 67.2 Å². The van der Waals surface area contributed by atoms with Gasteiger partial charge in [0.2, 0.25) is 0 Å². The molecule has 0 saturated heterocycles. The average molecular weight is 279 g/mol. The Bertz CT molecular complexity index is 787. The Labute approximate surface area is 123 Å². The van der Waals surface area contributed by atoms with E-state index in [0.717, 1.165) is 22.2 Å². The van der Waals surface area contributed by atoms with Gasteiger partial charge in [0, 0.05) is 18.0 Å². The molecule has 21 heavy (non-hydrogen) atoms. The number of amides is 1. The summed E-state index contributed by atoms with van der Waals surface area (Å²) < 4.78 is 1.84. The van der Waals surface area contributed by atoms with Crippen LogP contribution in [0.5, 0.6) is 0 Å². The second-order valence-corrected chi connectivity index (χ2v) is 5.14. The summed E-state index contributed by atoms with van der Waals surface area (Å²) in [5.74, 6) is -0.0789. The molecule has 0 saturated carbocycles. The number of aromatic nitrogens is 2. The lowest BCUT2D eigenvalue weighted by Gasteiger charge is -2.04. The van der Waals surface area contributed by atoms with E-state index in [1.165, 1.54) is 0 Å². The van der Waals surface area contributed by atoms with Crippen molar-refractivity contribution in [1.82, 2.24) is 15.1 Å². The van der Waals surface area contributed by atoms with Gasteiger partial charge < -0.3 is 5.32 Å². The zero-order valence-electron chi connectivity index (χ0n) is 12.1. The van der Waals surface area contributed by atoms with E-state index in [2.05, 4.69) is 10.4 Å². The summed E-state index contributed by atoms with van der Waals surface area (Å²) in [6, 6.07) is 15.6.